The zero-order valence-electron chi connectivity index (χ0n) is 18.4. The van der Waals surface area contributed by atoms with Gasteiger partial charge in [-0.15, -0.1) is 0 Å². The van der Waals surface area contributed by atoms with Crippen LogP contribution in [0.5, 0.6) is 0 Å². The highest BCUT2D eigenvalue weighted by Crippen LogP contribution is 2.28. The van der Waals surface area contributed by atoms with E-state index in [1.54, 1.807) is 4.90 Å². The fraction of sp³-hybridized carbons (Fsp3) is 0.259. The number of carbonyl (C=O) groups is 2. The third-order valence-corrected chi connectivity index (χ3v) is 5.75. The molecule has 170 valence electrons. The Morgan fingerprint density at radius 1 is 0.848 bits per heavy atom. The first kappa shape index (κ1) is 22.6. The summed E-state index contributed by atoms with van der Waals surface area (Å²) in [6.07, 6.45) is 1.15. The average molecular weight is 446 g/mol. The summed E-state index contributed by atoms with van der Waals surface area (Å²) in [7, 11) is 0. The number of ether oxygens (including phenoxy) is 2. The van der Waals surface area contributed by atoms with Crippen LogP contribution in [0.2, 0.25) is 0 Å². The second-order valence-corrected chi connectivity index (χ2v) is 8.07. The summed E-state index contributed by atoms with van der Waals surface area (Å²) in [6, 6.07) is 24.9. The van der Waals surface area contributed by atoms with Gasteiger partial charge in [0.15, 0.2) is 0 Å². The van der Waals surface area contributed by atoms with Crippen molar-refractivity contribution in [3.05, 3.63) is 90.0 Å². The SMILES string of the molecule is O=C(O)Cc1ccc(-c2ccc(N(C(=O)OCc3ccccc3)C3CCOCC3)cc2)cc1. The van der Waals surface area contributed by atoms with Gasteiger partial charge in [-0.25, -0.2) is 4.79 Å². The van der Waals surface area contributed by atoms with Crippen molar-refractivity contribution in [3.8, 4) is 11.1 Å². The lowest BCUT2D eigenvalue weighted by Gasteiger charge is -2.33. The predicted octanol–water partition coefficient (Wildman–Crippen LogP) is 5.30. The maximum absolute atomic E-state index is 13.1. The highest BCUT2D eigenvalue weighted by Gasteiger charge is 2.28. The van der Waals surface area contributed by atoms with Gasteiger partial charge in [0.05, 0.1) is 6.42 Å². The highest BCUT2D eigenvalue weighted by molar-refractivity contribution is 5.89. The van der Waals surface area contributed by atoms with E-state index in [9.17, 15) is 9.59 Å². The molecule has 33 heavy (non-hydrogen) atoms. The smallest absolute Gasteiger partial charge is 0.414 e. The summed E-state index contributed by atoms with van der Waals surface area (Å²) >= 11 is 0. The lowest BCUT2D eigenvalue weighted by molar-refractivity contribution is -0.136. The fourth-order valence-corrected chi connectivity index (χ4v) is 4.00. The van der Waals surface area contributed by atoms with Gasteiger partial charge >= 0.3 is 12.1 Å². The molecule has 1 fully saturated rings. The molecule has 0 atom stereocenters. The average Bonchev–Trinajstić information content (AvgIpc) is 2.85. The van der Waals surface area contributed by atoms with Crippen molar-refractivity contribution in [1.29, 1.82) is 0 Å². The van der Waals surface area contributed by atoms with Crippen LogP contribution in [0.15, 0.2) is 78.9 Å². The summed E-state index contributed by atoms with van der Waals surface area (Å²) < 4.78 is 11.1. The van der Waals surface area contributed by atoms with Crippen LogP contribution in [0, 0.1) is 0 Å². The fourth-order valence-electron chi connectivity index (χ4n) is 4.00. The van der Waals surface area contributed by atoms with E-state index in [4.69, 9.17) is 14.6 Å². The van der Waals surface area contributed by atoms with Crippen molar-refractivity contribution < 1.29 is 24.2 Å². The first-order chi connectivity index (χ1) is 16.1. The minimum absolute atomic E-state index is 0.00434. The monoisotopic (exact) mass is 445 g/mol. The Balaban J connectivity index is 1.51. The van der Waals surface area contributed by atoms with Crippen LogP contribution in [-0.4, -0.2) is 36.4 Å². The maximum Gasteiger partial charge on any atom is 0.414 e. The molecule has 1 N–H and O–H groups in total. The zero-order chi connectivity index (χ0) is 23.0. The molecule has 3 aromatic carbocycles. The number of nitrogens with zero attached hydrogens (tertiary/aromatic N) is 1. The third-order valence-electron chi connectivity index (χ3n) is 5.75. The van der Waals surface area contributed by atoms with Gasteiger partial charge in [0.2, 0.25) is 0 Å². The molecule has 6 nitrogen and oxygen atoms in total. The Hall–Kier alpha value is -3.64. The molecule has 0 aromatic heterocycles. The Kier molecular flexibility index (Phi) is 7.37. The number of amides is 1. The molecular weight excluding hydrogens is 418 g/mol. The molecule has 0 aliphatic carbocycles. The van der Waals surface area contributed by atoms with Crippen LogP contribution < -0.4 is 4.90 Å². The quantitative estimate of drug-likeness (QED) is 0.534. The number of aliphatic carboxylic acids is 1. The van der Waals surface area contributed by atoms with Gasteiger partial charge in [0.1, 0.15) is 6.61 Å². The van der Waals surface area contributed by atoms with Gasteiger partial charge in [0, 0.05) is 24.9 Å². The Morgan fingerprint density at radius 2 is 1.45 bits per heavy atom. The molecule has 6 heteroatoms. The highest BCUT2D eigenvalue weighted by atomic mass is 16.6. The minimum Gasteiger partial charge on any atom is -0.481 e. The van der Waals surface area contributed by atoms with Crippen LogP contribution in [-0.2, 0) is 27.3 Å². The topological polar surface area (TPSA) is 76.1 Å². The van der Waals surface area contributed by atoms with Gasteiger partial charge in [-0.2, -0.15) is 0 Å². The molecule has 1 aliphatic rings. The number of carbonyl (C=O) groups excluding carboxylic acids is 1. The molecule has 4 rings (SSSR count). The third kappa shape index (κ3) is 5.99. The number of carboxylic acids is 1. The van der Waals surface area contributed by atoms with Crippen LogP contribution in [0.3, 0.4) is 0 Å². The number of anilines is 1. The van der Waals surface area contributed by atoms with Crippen molar-refractivity contribution in [1.82, 2.24) is 0 Å². The van der Waals surface area contributed by atoms with E-state index in [0.29, 0.717) is 13.2 Å². The van der Waals surface area contributed by atoms with E-state index >= 15 is 0 Å². The molecule has 0 bridgehead atoms. The zero-order valence-corrected chi connectivity index (χ0v) is 18.4. The molecule has 0 unspecified atom stereocenters. The number of hydrogen-bond acceptors (Lipinski definition) is 4. The van der Waals surface area contributed by atoms with Gasteiger partial charge < -0.3 is 14.6 Å². The summed E-state index contributed by atoms with van der Waals surface area (Å²) in [6.45, 7) is 1.46. The molecule has 1 amide bonds. The Morgan fingerprint density at radius 3 is 2.06 bits per heavy atom. The summed E-state index contributed by atoms with van der Waals surface area (Å²) in [5, 5.41) is 8.94. The molecule has 1 heterocycles. The van der Waals surface area contributed by atoms with Gasteiger partial charge in [-0.1, -0.05) is 66.7 Å². The van der Waals surface area contributed by atoms with Crippen molar-refractivity contribution >= 4 is 17.7 Å². The van der Waals surface area contributed by atoms with Crippen molar-refractivity contribution in [2.45, 2.75) is 31.9 Å². The van der Waals surface area contributed by atoms with E-state index in [1.807, 2.05) is 78.9 Å². The number of hydrogen-bond donors (Lipinski definition) is 1. The lowest BCUT2D eigenvalue weighted by atomic mass is 10.0. The van der Waals surface area contributed by atoms with Crippen LogP contribution >= 0.6 is 0 Å². The standard InChI is InChI=1S/C27H27NO5/c29-26(30)18-20-6-8-22(9-7-20)23-10-12-24(13-11-23)28(25-14-16-32-17-15-25)27(31)33-19-21-4-2-1-3-5-21/h1-13,25H,14-19H2,(H,29,30). The lowest BCUT2D eigenvalue weighted by Crippen LogP contribution is -2.44. The molecule has 1 aliphatic heterocycles. The van der Waals surface area contributed by atoms with E-state index in [-0.39, 0.29) is 25.2 Å². The van der Waals surface area contributed by atoms with Gasteiger partial charge in [-0.05, 0) is 47.2 Å². The maximum atomic E-state index is 13.1. The number of rotatable bonds is 7. The summed E-state index contributed by atoms with van der Waals surface area (Å²) in [5.41, 5.74) is 4.46. The molecule has 0 radical (unpaired) electrons. The largest absolute Gasteiger partial charge is 0.481 e. The van der Waals surface area contributed by atoms with E-state index in [1.165, 1.54) is 0 Å². The normalized spacial score (nSPS) is 13.9. The van der Waals surface area contributed by atoms with Gasteiger partial charge in [0.25, 0.3) is 0 Å². The molecule has 0 spiro atoms. The molecule has 3 aromatic rings. The van der Waals surface area contributed by atoms with Gasteiger partial charge in [-0.3, -0.25) is 9.69 Å². The van der Waals surface area contributed by atoms with Crippen molar-refractivity contribution in [2.24, 2.45) is 0 Å². The second kappa shape index (κ2) is 10.8. The number of benzene rings is 3. The molecule has 1 saturated heterocycles. The molecular formula is C27H27NO5. The van der Waals surface area contributed by atoms with E-state index in [2.05, 4.69) is 0 Å². The van der Waals surface area contributed by atoms with Crippen molar-refractivity contribution in [3.63, 3.8) is 0 Å². The Bertz CT molecular complexity index is 1060. The second-order valence-electron chi connectivity index (χ2n) is 8.07. The van der Waals surface area contributed by atoms with Crippen LogP contribution in [0.25, 0.3) is 11.1 Å². The summed E-state index contributed by atoms with van der Waals surface area (Å²) in [5.74, 6) is -0.848. The van der Waals surface area contributed by atoms with Crippen LogP contribution in [0.1, 0.15) is 24.0 Å². The van der Waals surface area contributed by atoms with E-state index in [0.717, 1.165) is 40.8 Å². The van der Waals surface area contributed by atoms with E-state index < -0.39 is 5.97 Å². The molecule has 0 saturated carbocycles. The predicted molar refractivity (Wildman–Crippen MR) is 126 cm³/mol. The van der Waals surface area contributed by atoms with Crippen LogP contribution in [0.4, 0.5) is 10.5 Å². The first-order valence-electron chi connectivity index (χ1n) is 11.1. The number of carboxylic acid groups (broad SMARTS) is 1. The van der Waals surface area contributed by atoms with Crippen molar-refractivity contribution in [2.75, 3.05) is 18.1 Å². The minimum atomic E-state index is -0.848. The first-order valence-corrected chi connectivity index (χ1v) is 11.1. The summed E-state index contributed by atoms with van der Waals surface area (Å²) in [4.78, 5) is 25.7. The Labute approximate surface area is 193 Å².